The molecule has 15 heavy (non-hydrogen) atoms. The number of aryl methyl sites for hydroxylation is 1. The highest BCUT2D eigenvalue weighted by Crippen LogP contribution is 2.32. The Morgan fingerprint density at radius 1 is 1.60 bits per heavy atom. The number of aromatic nitrogens is 2. The molecular formula is C11H20N4. The van der Waals surface area contributed by atoms with Gasteiger partial charge in [-0.25, -0.2) is 0 Å². The molecular weight excluding hydrogens is 188 g/mol. The average Bonchev–Trinajstić information content (AvgIpc) is 2.91. The fourth-order valence-corrected chi connectivity index (χ4v) is 1.91. The number of rotatable bonds is 5. The molecule has 1 heterocycles. The first kappa shape index (κ1) is 10.3. The zero-order valence-corrected chi connectivity index (χ0v) is 9.61. The van der Waals surface area contributed by atoms with E-state index in [0.29, 0.717) is 0 Å². The first-order chi connectivity index (χ1) is 7.20. The smallest absolute Gasteiger partial charge is 0.173 e. The second kappa shape index (κ2) is 4.13. The molecule has 0 unspecified atom stereocenters. The highest BCUT2D eigenvalue weighted by Gasteiger charge is 2.25. The summed E-state index contributed by atoms with van der Waals surface area (Å²) in [5, 5.41) is 4.43. The maximum absolute atomic E-state index is 5.94. The fraction of sp³-hybridized carbons (Fsp3) is 0.727. The standard InChI is InChI=1S/C11H20N4/c1-3-6-15(7-9-4-5-9)11-10(12)8-14(2)13-11/h8-9H,3-7,12H2,1-2H3. The summed E-state index contributed by atoms with van der Waals surface area (Å²) in [5.74, 6) is 1.84. The van der Waals surface area contributed by atoms with Crippen LogP contribution in [0.5, 0.6) is 0 Å². The Bertz CT molecular complexity index is 327. The van der Waals surface area contributed by atoms with Crippen LogP contribution in [0.15, 0.2) is 6.20 Å². The zero-order chi connectivity index (χ0) is 10.8. The molecule has 0 radical (unpaired) electrons. The number of hydrogen-bond donors (Lipinski definition) is 1. The number of hydrogen-bond acceptors (Lipinski definition) is 3. The summed E-state index contributed by atoms with van der Waals surface area (Å²) in [6.45, 7) is 4.37. The van der Waals surface area contributed by atoms with Crippen LogP contribution < -0.4 is 10.6 Å². The first-order valence-corrected chi connectivity index (χ1v) is 5.74. The molecule has 1 saturated carbocycles. The minimum absolute atomic E-state index is 0.798. The van der Waals surface area contributed by atoms with Gasteiger partial charge in [-0.15, -0.1) is 0 Å². The Hall–Kier alpha value is -1.19. The third kappa shape index (κ3) is 2.43. The summed E-state index contributed by atoms with van der Waals surface area (Å²) < 4.78 is 1.79. The van der Waals surface area contributed by atoms with Gasteiger partial charge in [0.1, 0.15) is 0 Å². The minimum Gasteiger partial charge on any atom is -0.394 e. The Balaban J connectivity index is 2.10. The highest BCUT2D eigenvalue weighted by molar-refractivity contribution is 5.61. The predicted octanol–water partition coefficient (Wildman–Crippen LogP) is 1.63. The molecule has 2 rings (SSSR count). The molecule has 0 spiro atoms. The van der Waals surface area contributed by atoms with E-state index >= 15 is 0 Å². The molecule has 0 bridgehead atoms. The lowest BCUT2D eigenvalue weighted by Gasteiger charge is -2.22. The highest BCUT2D eigenvalue weighted by atomic mass is 15.3. The van der Waals surface area contributed by atoms with E-state index in [4.69, 9.17) is 5.73 Å². The Morgan fingerprint density at radius 3 is 2.80 bits per heavy atom. The van der Waals surface area contributed by atoms with Crippen molar-refractivity contribution in [1.29, 1.82) is 0 Å². The van der Waals surface area contributed by atoms with Crippen LogP contribution in [-0.4, -0.2) is 22.9 Å². The second-order valence-corrected chi connectivity index (χ2v) is 4.47. The molecule has 2 N–H and O–H groups in total. The van der Waals surface area contributed by atoms with Gasteiger partial charge in [-0.3, -0.25) is 4.68 Å². The SMILES string of the molecule is CCCN(CC1CC1)c1nn(C)cc1N. The molecule has 1 aliphatic carbocycles. The molecule has 1 fully saturated rings. The Morgan fingerprint density at radius 2 is 2.33 bits per heavy atom. The molecule has 0 aromatic carbocycles. The molecule has 0 saturated heterocycles. The maximum Gasteiger partial charge on any atom is 0.173 e. The van der Waals surface area contributed by atoms with E-state index in [0.717, 1.165) is 36.9 Å². The van der Waals surface area contributed by atoms with E-state index in [-0.39, 0.29) is 0 Å². The summed E-state index contributed by atoms with van der Waals surface area (Å²) in [6, 6.07) is 0. The lowest BCUT2D eigenvalue weighted by molar-refractivity contribution is 0.681. The van der Waals surface area contributed by atoms with Crippen LogP contribution in [0.4, 0.5) is 11.5 Å². The van der Waals surface area contributed by atoms with Crippen LogP contribution >= 0.6 is 0 Å². The van der Waals surface area contributed by atoms with Gasteiger partial charge in [0, 0.05) is 26.3 Å². The first-order valence-electron chi connectivity index (χ1n) is 5.74. The van der Waals surface area contributed by atoms with Crippen molar-refractivity contribution in [1.82, 2.24) is 9.78 Å². The van der Waals surface area contributed by atoms with Crippen molar-refractivity contribution in [2.75, 3.05) is 23.7 Å². The molecule has 4 nitrogen and oxygen atoms in total. The van der Waals surface area contributed by atoms with Gasteiger partial charge in [0.2, 0.25) is 0 Å². The summed E-state index contributed by atoms with van der Waals surface area (Å²) in [5.41, 5.74) is 6.74. The predicted molar refractivity (Wildman–Crippen MR) is 62.8 cm³/mol. The van der Waals surface area contributed by atoms with E-state index in [2.05, 4.69) is 16.9 Å². The van der Waals surface area contributed by atoms with Gasteiger partial charge in [0.25, 0.3) is 0 Å². The second-order valence-electron chi connectivity index (χ2n) is 4.47. The minimum atomic E-state index is 0.798. The summed E-state index contributed by atoms with van der Waals surface area (Å²) in [6.07, 6.45) is 5.76. The third-order valence-corrected chi connectivity index (χ3v) is 2.81. The van der Waals surface area contributed by atoms with Crippen LogP contribution in [-0.2, 0) is 7.05 Å². The molecule has 0 atom stereocenters. The fourth-order valence-electron chi connectivity index (χ4n) is 1.91. The van der Waals surface area contributed by atoms with E-state index in [9.17, 15) is 0 Å². The van der Waals surface area contributed by atoms with Crippen LogP contribution in [0.2, 0.25) is 0 Å². The van der Waals surface area contributed by atoms with Gasteiger partial charge in [0.05, 0.1) is 5.69 Å². The average molecular weight is 208 g/mol. The Kier molecular flexibility index (Phi) is 2.84. The molecule has 0 aliphatic heterocycles. The molecule has 84 valence electrons. The Labute approximate surface area is 91.1 Å². The van der Waals surface area contributed by atoms with Crippen LogP contribution in [0.3, 0.4) is 0 Å². The van der Waals surface area contributed by atoms with Crippen LogP contribution in [0.25, 0.3) is 0 Å². The van der Waals surface area contributed by atoms with Crippen molar-refractivity contribution in [3.8, 4) is 0 Å². The molecule has 1 aromatic heterocycles. The van der Waals surface area contributed by atoms with Crippen molar-refractivity contribution >= 4 is 11.5 Å². The molecule has 1 aromatic rings. The summed E-state index contributed by atoms with van der Waals surface area (Å²) >= 11 is 0. The number of nitrogens with zero attached hydrogens (tertiary/aromatic N) is 3. The van der Waals surface area contributed by atoms with Crippen LogP contribution in [0, 0.1) is 5.92 Å². The van der Waals surface area contributed by atoms with Gasteiger partial charge >= 0.3 is 0 Å². The van der Waals surface area contributed by atoms with E-state index < -0.39 is 0 Å². The molecule has 1 aliphatic rings. The van der Waals surface area contributed by atoms with Crippen molar-refractivity contribution in [3.63, 3.8) is 0 Å². The van der Waals surface area contributed by atoms with Gasteiger partial charge in [-0.1, -0.05) is 6.92 Å². The van der Waals surface area contributed by atoms with Crippen molar-refractivity contribution in [2.24, 2.45) is 13.0 Å². The lowest BCUT2D eigenvalue weighted by Crippen LogP contribution is -2.27. The number of nitrogens with two attached hydrogens (primary N) is 1. The normalized spacial score (nSPS) is 15.6. The maximum atomic E-state index is 5.94. The number of anilines is 2. The summed E-state index contributed by atoms with van der Waals surface area (Å²) in [7, 11) is 1.92. The lowest BCUT2D eigenvalue weighted by atomic mass is 10.3. The quantitative estimate of drug-likeness (QED) is 0.800. The van der Waals surface area contributed by atoms with Crippen LogP contribution in [0.1, 0.15) is 26.2 Å². The van der Waals surface area contributed by atoms with Crippen molar-refractivity contribution in [2.45, 2.75) is 26.2 Å². The van der Waals surface area contributed by atoms with E-state index in [1.54, 1.807) is 4.68 Å². The molecule has 4 heteroatoms. The largest absolute Gasteiger partial charge is 0.394 e. The van der Waals surface area contributed by atoms with Crippen molar-refractivity contribution in [3.05, 3.63) is 6.20 Å². The van der Waals surface area contributed by atoms with E-state index in [1.165, 1.54) is 12.8 Å². The van der Waals surface area contributed by atoms with Gasteiger partial charge in [0.15, 0.2) is 5.82 Å². The number of nitrogen functional groups attached to an aromatic ring is 1. The van der Waals surface area contributed by atoms with Crippen molar-refractivity contribution < 1.29 is 0 Å². The third-order valence-electron chi connectivity index (χ3n) is 2.81. The van der Waals surface area contributed by atoms with E-state index in [1.807, 2.05) is 13.2 Å². The van der Waals surface area contributed by atoms with Gasteiger partial charge in [-0.2, -0.15) is 5.10 Å². The van der Waals surface area contributed by atoms with Gasteiger partial charge < -0.3 is 10.6 Å². The zero-order valence-electron chi connectivity index (χ0n) is 9.61. The molecule has 0 amide bonds. The topological polar surface area (TPSA) is 47.1 Å². The summed E-state index contributed by atoms with van der Waals surface area (Å²) in [4.78, 5) is 2.33. The monoisotopic (exact) mass is 208 g/mol. The van der Waals surface area contributed by atoms with Gasteiger partial charge in [-0.05, 0) is 25.2 Å².